The van der Waals surface area contributed by atoms with Crippen LogP contribution in [0.1, 0.15) is 11.1 Å². The van der Waals surface area contributed by atoms with Gasteiger partial charge < -0.3 is 18.9 Å². The maximum absolute atomic E-state index is 5.47. The minimum absolute atomic E-state index is 0.541. The first-order valence-electron chi connectivity index (χ1n) is 18.5. The van der Waals surface area contributed by atoms with E-state index in [-0.39, 0.29) is 0 Å². The molecule has 0 aliphatic rings. The minimum Gasteiger partial charge on any atom is -0.497 e. The second-order valence-corrected chi connectivity index (χ2v) is 13.1. The summed E-state index contributed by atoms with van der Waals surface area (Å²) < 4.78 is 21.9. The predicted octanol–water partition coefficient (Wildman–Crippen LogP) is 10.3. The van der Waals surface area contributed by atoms with Crippen molar-refractivity contribution >= 4 is 12.2 Å². The second-order valence-electron chi connectivity index (χ2n) is 13.1. The highest BCUT2D eigenvalue weighted by atomic mass is 16.5. The van der Waals surface area contributed by atoms with E-state index in [1.165, 1.54) is 0 Å². The number of nitrogens with zero attached hydrogens (tertiary/aromatic N) is 6. The zero-order chi connectivity index (χ0) is 39.8. The highest BCUT2D eigenvalue weighted by Crippen LogP contribution is 2.30. The van der Waals surface area contributed by atoms with Crippen molar-refractivity contribution in [1.29, 1.82) is 0 Å². The first-order chi connectivity index (χ1) is 28.5. The molecule has 58 heavy (non-hydrogen) atoms. The molecule has 8 rings (SSSR count). The topological polar surface area (TPSA) is 114 Å². The van der Waals surface area contributed by atoms with E-state index in [1.807, 2.05) is 146 Å². The van der Waals surface area contributed by atoms with Crippen LogP contribution >= 0.6 is 0 Å². The molecule has 0 aliphatic heterocycles. The molecule has 0 saturated carbocycles. The number of methoxy groups -OCH3 is 4. The van der Waals surface area contributed by atoms with Crippen LogP contribution in [-0.4, -0.2) is 58.3 Å². The summed E-state index contributed by atoms with van der Waals surface area (Å²) in [6, 6.07) is 47.0. The Labute approximate surface area is 336 Å². The standard InChI is InChI=1S/C48H38N6O4/c1-55-39-13-5-9-35(27-39)45-49-43(50-46(53-45)36-10-6-14-40(28-36)56-2)33-23-19-31(20-24-33)17-18-32-21-25-34(26-22-32)44-51-47(37-11-7-15-41(29-37)57-3)54-48(52-44)38-12-8-16-42(30-38)58-4/h5-30H,1-4H3/b18-17+. The third-order valence-electron chi connectivity index (χ3n) is 9.39. The van der Waals surface area contributed by atoms with E-state index in [2.05, 4.69) is 12.2 Å². The molecular formula is C48H38N6O4. The molecule has 0 aliphatic carbocycles. The van der Waals surface area contributed by atoms with Gasteiger partial charge in [0.1, 0.15) is 23.0 Å². The molecule has 10 nitrogen and oxygen atoms in total. The Bertz CT molecular complexity index is 2420. The lowest BCUT2D eigenvalue weighted by Crippen LogP contribution is -2.00. The second kappa shape index (κ2) is 17.0. The Hall–Kier alpha value is -7.72. The third-order valence-corrected chi connectivity index (χ3v) is 9.39. The van der Waals surface area contributed by atoms with Gasteiger partial charge in [0.2, 0.25) is 0 Å². The summed E-state index contributed by atoms with van der Waals surface area (Å²) in [6.07, 6.45) is 4.14. The molecule has 2 heterocycles. The summed E-state index contributed by atoms with van der Waals surface area (Å²) in [5, 5.41) is 0. The summed E-state index contributed by atoms with van der Waals surface area (Å²) in [6.45, 7) is 0. The van der Waals surface area contributed by atoms with Gasteiger partial charge in [0, 0.05) is 33.4 Å². The van der Waals surface area contributed by atoms with Crippen molar-refractivity contribution < 1.29 is 18.9 Å². The molecule has 0 bridgehead atoms. The highest BCUT2D eigenvalue weighted by Gasteiger charge is 2.15. The fourth-order valence-electron chi connectivity index (χ4n) is 6.25. The molecule has 284 valence electrons. The van der Waals surface area contributed by atoms with Crippen LogP contribution in [0.2, 0.25) is 0 Å². The Morgan fingerprint density at radius 2 is 0.534 bits per heavy atom. The predicted molar refractivity (Wildman–Crippen MR) is 227 cm³/mol. The molecule has 0 fully saturated rings. The number of hydrogen-bond donors (Lipinski definition) is 0. The molecule has 0 N–H and O–H groups in total. The van der Waals surface area contributed by atoms with Gasteiger partial charge in [0.15, 0.2) is 34.9 Å². The number of ether oxygens (including phenoxy) is 4. The molecule has 0 unspecified atom stereocenters. The number of benzene rings is 6. The van der Waals surface area contributed by atoms with Gasteiger partial charge in [-0.15, -0.1) is 0 Å². The monoisotopic (exact) mass is 762 g/mol. The van der Waals surface area contributed by atoms with E-state index in [4.69, 9.17) is 48.9 Å². The summed E-state index contributed by atoms with van der Waals surface area (Å²) in [5.41, 5.74) is 7.04. The molecule has 0 spiro atoms. The summed E-state index contributed by atoms with van der Waals surface area (Å²) in [7, 11) is 6.56. The van der Waals surface area contributed by atoms with E-state index >= 15 is 0 Å². The lowest BCUT2D eigenvalue weighted by molar-refractivity contribution is 0.415. The van der Waals surface area contributed by atoms with Crippen LogP contribution in [0.3, 0.4) is 0 Å². The van der Waals surface area contributed by atoms with Gasteiger partial charge in [-0.25, -0.2) is 29.9 Å². The van der Waals surface area contributed by atoms with Gasteiger partial charge in [0.05, 0.1) is 28.4 Å². The molecule has 0 atom stereocenters. The van der Waals surface area contributed by atoms with Gasteiger partial charge in [-0.1, -0.05) is 109 Å². The molecule has 8 aromatic rings. The maximum Gasteiger partial charge on any atom is 0.164 e. The molecule has 0 radical (unpaired) electrons. The lowest BCUT2D eigenvalue weighted by Gasteiger charge is -2.10. The average molecular weight is 763 g/mol. The van der Waals surface area contributed by atoms with E-state index in [9.17, 15) is 0 Å². The van der Waals surface area contributed by atoms with Crippen molar-refractivity contribution in [2.24, 2.45) is 0 Å². The van der Waals surface area contributed by atoms with Crippen LogP contribution in [0.15, 0.2) is 146 Å². The fourth-order valence-corrected chi connectivity index (χ4v) is 6.25. The SMILES string of the molecule is COc1cccc(-c2nc(-c3ccc(/C=C/c4ccc(-c5nc(-c6cccc(OC)c6)nc(-c6cccc(OC)c6)n5)cc4)cc3)nc(-c3cccc(OC)c3)n2)c1. The van der Waals surface area contributed by atoms with Crippen molar-refractivity contribution in [1.82, 2.24) is 29.9 Å². The van der Waals surface area contributed by atoms with Gasteiger partial charge in [-0.3, -0.25) is 0 Å². The summed E-state index contributed by atoms with van der Waals surface area (Å²) in [4.78, 5) is 29.2. The highest BCUT2D eigenvalue weighted by molar-refractivity contribution is 5.74. The third kappa shape index (κ3) is 8.41. The molecule has 2 aromatic heterocycles. The smallest absolute Gasteiger partial charge is 0.164 e. The Morgan fingerprint density at radius 3 is 0.776 bits per heavy atom. The number of aromatic nitrogens is 6. The molecule has 0 amide bonds. The van der Waals surface area contributed by atoms with E-state index < -0.39 is 0 Å². The van der Waals surface area contributed by atoms with Crippen LogP contribution < -0.4 is 18.9 Å². The first-order valence-corrected chi connectivity index (χ1v) is 18.5. The van der Waals surface area contributed by atoms with Crippen LogP contribution in [0.5, 0.6) is 23.0 Å². The van der Waals surface area contributed by atoms with E-state index in [0.29, 0.717) is 34.9 Å². The molecule has 0 saturated heterocycles. The normalized spacial score (nSPS) is 11.0. The average Bonchev–Trinajstić information content (AvgIpc) is 3.31. The van der Waals surface area contributed by atoms with Gasteiger partial charge >= 0.3 is 0 Å². The fraction of sp³-hybridized carbons (Fsp3) is 0.0833. The number of hydrogen-bond acceptors (Lipinski definition) is 10. The van der Waals surface area contributed by atoms with Crippen molar-refractivity contribution in [2.75, 3.05) is 28.4 Å². The molecule has 10 heteroatoms. The summed E-state index contributed by atoms with van der Waals surface area (Å²) in [5.74, 6) is 6.15. The van der Waals surface area contributed by atoms with Crippen LogP contribution in [-0.2, 0) is 0 Å². The first kappa shape index (κ1) is 37.2. The van der Waals surface area contributed by atoms with Crippen LogP contribution in [0.4, 0.5) is 0 Å². The van der Waals surface area contributed by atoms with Crippen molar-refractivity contribution in [2.45, 2.75) is 0 Å². The van der Waals surface area contributed by atoms with Crippen molar-refractivity contribution in [3.8, 4) is 91.3 Å². The van der Waals surface area contributed by atoms with E-state index in [1.54, 1.807) is 28.4 Å². The van der Waals surface area contributed by atoms with Gasteiger partial charge in [-0.05, 0) is 59.7 Å². The van der Waals surface area contributed by atoms with Crippen LogP contribution in [0.25, 0.3) is 80.5 Å². The Kier molecular flexibility index (Phi) is 10.9. The van der Waals surface area contributed by atoms with Gasteiger partial charge in [0.25, 0.3) is 0 Å². The lowest BCUT2D eigenvalue weighted by atomic mass is 10.1. The largest absolute Gasteiger partial charge is 0.497 e. The number of rotatable bonds is 12. The van der Waals surface area contributed by atoms with Crippen molar-refractivity contribution in [3.05, 3.63) is 157 Å². The minimum atomic E-state index is 0.541. The Morgan fingerprint density at radius 1 is 0.293 bits per heavy atom. The van der Waals surface area contributed by atoms with Crippen molar-refractivity contribution in [3.63, 3.8) is 0 Å². The zero-order valence-corrected chi connectivity index (χ0v) is 32.3. The van der Waals surface area contributed by atoms with E-state index in [0.717, 1.165) is 67.5 Å². The Balaban J connectivity index is 1.06. The van der Waals surface area contributed by atoms with Gasteiger partial charge in [-0.2, -0.15) is 0 Å². The molecular weight excluding hydrogens is 725 g/mol. The molecule has 6 aromatic carbocycles. The maximum atomic E-state index is 5.47. The quantitative estimate of drug-likeness (QED) is 0.111. The van der Waals surface area contributed by atoms with Crippen LogP contribution in [0, 0.1) is 0 Å². The summed E-state index contributed by atoms with van der Waals surface area (Å²) >= 11 is 0. The zero-order valence-electron chi connectivity index (χ0n) is 32.3.